The van der Waals surface area contributed by atoms with Crippen LogP contribution in [0.1, 0.15) is 30.8 Å². The average Bonchev–Trinajstić information content (AvgIpc) is 2.95. The van der Waals surface area contributed by atoms with Crippen molar-refractivity contribution in [2.45, 2.75) is 26.4 Å². The molecule has 0 bridgehead atoms. The molecule has 1 aromatic heterocycles. The molecule has 1 amide bonds. The number of rotatable bonds is 4. The minimum atomic E-state index is -0.857. The fraction of sp³-hybridized carbons (Fsp3) is 0.533. The Labute approximate surface area is 133 Å². The molecule has 0 spiro atoms. The van der Waals surface area contributed by atoms with Crippen LogP contribution in [0.3, 0.4) is 0 Å². The number of carbonyl (C=O) groups excluding carboxylic acids is 2. The van der Waals surface area contributed by atoms with Crippen LogP contribution in [0.5, 0.6) is 5.75 Å². The Balaban J connectivity index is 0.00000127. The van der Waals surface area contributed by atoms with Crippen LogP contribution in [0, 0.1) is 0 Å². The first-order valence-electron chi connectivity index (χ1n) is 7.18. The van der Waals surface area contributed by atoms with E-state index in [0.717, 1.165) is 7.11 Å². The van der Waals surface area contributed by atoms with Crippen LogP contribution in [0.2, 0.25) is 0 Å². The van der Waals surface area contributed by atoms with Crippen molar-refractivity contribution in [3.8, 4) is 5.75 Å². The highest BCUT2D eigenvalue weighted by Gasteiger charge is 2.35. The second-order valence-electron chi connectivity index (χ2n) is 4.31. The van der Waals surface area contributed by atoms with Gasteiger partial charge in [-0.15, -0.1) is 0 Å². The summed E-state index contributed by atoms with van der Waals surface area (Å²) in [6, 6.07) is 1.25. The van der Waals surface area contributed by atoms with Gasteiger partial charge in [-0.1, -0.05) is 13.8 Å². The van der Waals surface area contributed by atoms with Crippen molar-refractivity contribution in [3.05, 3.63) is 22.2 Å². The van der Waals surface area contributed by atoms with Gasteiger partial charge in [0.15, 0.2) is 0 Å². The highest BCUT2D eigenvalue weighted by atomic mass is 16.5. The van der Waals surface area contributed by atoms with Crippen molar-refractivity contribution in [2.24, 2.45) is 0 Å². The van der Waals surface area contributed by atoms with Gasteiger partial charge >= 0.3 is 11.6 Å². The highest BCUT2D eigenvalue weighted by molar-refractivity contribution is 6.00. The van der Waals surface area contributed by atoms with Gasteiger partial charge in [0.2, 0.25) is 11.5 Å². The quantitative estimate of drug-likeness (QED) is 0.767. The Morgan fingerprint density at radius 2 is 1.91 bits per heavy atom. The number of anilines is 1. The number of carbonyl (C=O) groups is 2. The summed E-state index contributed by atoms with van der Waals surface area (Å²) in [7, 11) is 3.87. The van der Waals surface area contributed by atoms with Crippen LogP contribution in [-0.4, -0.2) is 45.9 Å². The van der Waals surface area contributed by atoms with E-state index in [9.17, 15) is 14.4 Å². The summed E-state index contributed by atoms with van der Waals surface area (Å²) in [5, 5.41) is 0. The number of ether oxygens (including phenoxy) is 3. The first-order valence-corrected chi connectivity index (χ1v) is 7.18. The Bertz CT molecular complexity index is 623. The molecule has 0 aliphatic carbocycles. The molecular weight excluding hydrogens is 306 g/mol. The van der Waals surface area contributed by atoms with Crippen LogP contribution in [0.25, 0.3) is 0 Å². The molecule has 1 atom stereocenters. The number of esters is 1. The van der Waals surface area contributed by atoms with Crippen LogP contribution < -0.4 is 15.3 Å². The Morgan fingerprint density at radius 1 is 1.26 bits per heavy atom. The standard InChI is InChI=1S/C13H15NO7.C2H6/c1-18-8-4-5-14(11(8)15)7-6-9(12(16)20-3)21-13(17)10(7)19-2;1-2/h6,8H,4-5H2,1-3H3;1-2H3/t8-;/m1./s1. The van der Waals surface area contributed by atoms with Crippen molar-refractivity contribution in [2.75, 3.05) is 32.8 Å². The molecule has 1 aromatic rings. The van der Waals surface area contributed by atoms with Gasteiger partial charge in [0.1, 0.15) is 6.10 Å². The van der Waals surface area contributed by atoms with Gasteiger partial charge in [-0.3, -0.25) is 4.79 Å². The van der Waals surface area contributed by atoms with Crippen molar-refractivity contribution in [1.82, 2.24) is 0 Å². The molecule has 0 radical (unpaired) electrons. The lowest BCUT2D eigenvalue weighted by Crippen LogP contribution is -2.31. The zero-order chi connectivity index (χ0) is 17.6. The maximum Gasteiger partial charge on any atom is 0.381 e. The van der Waals surface area contributed by atoms with Crippen LogP contribution in [0.4, 0.5) is 5.69 Å². The number of hydrogen-bond acceptors (Lipinski definition) is 7. The SMILES string of the molecule is CC.COC(=O)c1cc(N2CC[C@@H](OC)C2=O)c(OC)c(=O)o1. The number of amides is 1. The zero-order valence-corrected chi connectivity index (χ0v) is 13.9. The fourth-order valence-corrected chi connectivity index (χ4v) is 2.17. The predicted octanol–water partition coefficient (Wildman–Crippen LogP) is 1.21. The lowest BCUT2D eigenvalue weighted by atomic mass is 10.3. The second-order valence-corrected chi connectivity index (χ2v) is 4.31. The van der Waals surface area contributed by atoms with Crippen molar-refractivity contribution in [1.29, 1.82) is 0 Å². The monoisotopic (exact) mass is 327 g/mol. The lowest BCUT2D eigenvalue weighted by Gasteiger charge is -2.18. The second kappa shape index (κ2) is 8.33. The van der Waals surface area contributed by atoms with E-state index in [2.05, 4.69) is 4.74 Å². The molecule has 1 aliphatic heterocycles. The van der Waals surface area contributed by atoms with E-state index in [1.807, 2.05) is 13.8 Å². The van der Waals surface area contributed by atoms with Gasteiger partial charge in [0.25, 0.3) is 5.91 Å². The molecule has 0 N–H and O–H groups in total. The largest absolute Gasteiger partial charge is 0.488 e. The molecule has 2 heterocycles. The molecule has 1 fully saturated rings. The summed E-state index contributed by atoms with van der Waals surface area (Å²) in [4.78, 5) is 36.9. The maximum absolute atomic E-state index is 12.2. The van der Waals surface area contributed by atoms with Gasteiger partial charge in [-0.05, 0) is 0 Å². The van der Waals surface area contributed by atoms with E-state index in [0.29, 0.717) is 13.0 Å². The van der Waals surface area contributed by atoms with Crippen LogP contribution >= 0.6 is 0 Å². The first kappa shape index (κ1) is 18.7. The number of hydrogen-bond donors (Lipinski definition) is 0. The van der Waals surface area contributed by atoms with Gasteiger partial charge in [0.05, 0.1) is 19.9 Å². The Morgan fingerprint density at radius 3 is 2.39 bits per heavy atom. The zero-order valence-electron chi connectivity index (χ0n) is 13.9. The number of nitrogens with zero attached hydrogens (tertiary/aromatic N) is 1. The molecular formula is C15H21NO7. The van der Waals surface area contributed by atoms with Gasteiger partial charge < -0.3 is 23.5 Å². The molecule has 1 aliphatic rings. The normalized spacial score (nSPS) is 16.7. The number of methoxy groups -OCH3 is 3. The van der Waals surface area contributed by atoms with E-state index >= 15 is 0 Å². The van der Waals surface area contributed by atoms with Crippen LogP contribution in [0.15, 0.2) is 15.3 Å². The maximum atomic E-state index is 12.2. The van der Waals surface area contributed by atoms with E-state index in [1.54, 1.807) is 0 Å². The van der Waals surface area contributed by atoms with Gasteiger partial charge in [-0.25, -0.2) is 9.59 Å². The van der Waals surface area contributed by atoms with Crippen molar-refractivity contribution in [3.63, 3.8) is 0 Å². The minimum absolute atomic E-state index is 0.146. The smallest absolute Gasteiger partial charge is 0.381 e. The molecule has 8 heteroatoms. The third kappa shape index (κ3) is 3.70. The Kier molecular flexibility index (Phi) is 6.77. The van der Waals surface area contributed by atoms with E-state index in [-0.39, 0.29) is 23.1 Å². The fourth-order valence-electron chi connectivity index (χ4n) is 2.17. The molecule has 8 nitrogen and oxygen atoms in total. The summed E-state index contributed by atoms with van der Waals surface area (Å²) in [6.07, 6.45) is -0.102. The van der Waals surface area contributed by atoms with E-state index in [4.69, 9.17) is 13.9 Å². The lowest BCUT2D eigenvalue weighted by molar-refractivity contribution is -0.125. The summed E-state index contributed by atoms with van der Waals surface area (Å²) in [5.74, 6) is -1.57. The predicted molar refractivity (Wildman–Crippen MR) is 82.0 cm³/mol. The van der Waals surface area contributed by atoms with E-state index in [1.165, 1.54) is 25.2 Å². The first-order chi connectivity index (χ1) is 11.0. The van der Waals surface area contributed by atoms with Gasteiger partial charge in [0, 0.05) is 26.1 Å². The Hall–Kier alpha value is -2.35. The summed E-state index contributed by atoms with van der Waals surface area (Å²) >= 11 is 0. The van der Waals surface area contributed by atoms with Gasteiger partial charge in [-0.2, -0.15) is 0 Å². The minimum Gasteiger partial charge on any atom is -0.488 e. The topological polar surface area (TPSA) is 95.3 Å². The molecule has 0 aromatic carbocycles. The molecule has 23 heavy (non-hydrogen) atoms. The molecule has 0 saturated carbocycles. The third-order valence-electron chi connectivity index (χ3n) is 3.21. The average molecular weight is 327 g/mol. The van der Waals surface area contributed by atoms with E-state index < -0.39 is 17.7 Å². The van der Waals surface area contributed by atoms with Crippen molar-refractivity contribution < 1.29 is 28.2 Å². The summed E-state index contributed by atoms with van der Waals surface area (Å²) in [6.45, 7) is 4.35. The summed E-state index contributed by atoms with van der Waals surface area (Å²) in [5.41, 5.74) is -0.692. The molecule has 128 valence electrons. The molecule has 1 saturated heterocycles. The third-order valence-corrected chi connectivity index (χ3v) is 3.21. The molecule has 0 unspecified atom stereocenters. The summed E-state index contributed by atoms with van der Waals surface area (Å²) < 4.78 is 19.4. The highest BCUT2D eigenvalue weighted by Crippen LogP contribution is 2.30. The van der Waals surface area contributed by atoms with Crippen molar-refractivity contribution >= 4 is 17.6 Å². The molecule has 2 rings (SSSR count). The van der Waals surface area contributed by atoms with Crippen LogP contribution in [-0.2, 0) is 14.3 Å².